The van der Waals surface area contributed by atoms with Crippen LogP contribution >= 0.6 is 0 Å². The minimum absolute atomic E-state index is 0.0742. The summed E-state index contributed by atoms with van der Waals surface area (Å²) in [6.45, 7) is 0.527. The van der Waals surface area contributed by atoms with Gasteiger partial charge in [-0.15, -0.1) is 0 Å². The lowest BCUT2D eigenvalue weighted by Crippen LogP contribution is -2.26. The Labute approximate surface area is 134 Å². The Balaban J connectivity index is 1.95. The topological polar surface area (TPSA) is 56.5 Å². The third-order valence-electron chi connectivity index (χ3n) is 4.00. The van der Waals surface area contributed by atoms with E-state index in [0.717, 1.165) is 18.4 Å². The number of halogens is 1. The molecule has 2 aromatic rings. The molecule has 1 aliphatic carbocycles. The molecule has 0 spiro atoms. The third-order valence-corrected chi connectivity index (χ3v) is 4.00. The number of nitriles is 1. The van der Waals surface area contributed by atoms with Crippen molar-refractivity contribution in [3.05, 3.63) is 53.3 Å². The predicted octanol–water partition coefficient (Wildman–Crippen LogP) is 3.58. The molecule has 23 heavy (non-hydrogen) atoms. The molecule has 1 N–H and O–H groups in total. The highest BCUT2D eigenvalue weighted by molar-refractivity contribution is 5.61. The van der Waals surface area contributed by atoms with Crippen LogP contribution in [0.25, 0.3) is 0 Å². The summed E-state index contributed by atoms with van der Waals surface area (Å²) in [5.74, 6) is -0.0189. The van der Waals surface area contributed by atoms with Gasteiger partial charge in [0.2, 0.25) is 0 Å². The highest BCUT2D eigenvalue weighted by Crippen LogP contribution is 2.36. The summed E-state index contributed by atoms with van der Waals surface area (Å²) in [6.07, 6.45) is 2.05. The van der Waals surface area contributed by atoms with Crippen LogP contribution in [0.2, 0.25) is 0 Å². The lowest BCUT2D eigenvalue weighted by atomic mass is 10.1. The van der Waals surface area contributed by atoms with Crippen LogP contribution in [-0.2, 0) is 6.54 Å². The molecule has 0 amide bonds. The van der Waals surface area contributed by atoms with Crippen LogP contribution in [0.15, 0.2) is 36.4 Å². The summed E-state index contributed by atoms with van der Waals surface area (Å²) in [7, 11) is 1.50. The van der Waals surface area contributed by atoms with Gasteiger partial charge in [0.15, 0.2) is 11.5 Å². The molecular weight excluding hydrogens is 295 g/mol. The molecule has 0 aliphatic heterocycles. The number of hydrogen-bond donors (Lipinski definition) is 1. The molecule has 0 aromatic heterocycles. The fourth-order valence-electron chi connectivity index (χ4n) is 2.68. The molecule has 1 aliphatic rings. The van der Waals surface area contributed by atoms with Crippen LogP contribution in [0.4, 0.5) is 10.1 Å². The van der Waals surface area contributed by atoms with Crippen molar-refractivity contribution in [2.75, 3.05) is 12.0 Å². The van der Waals surface area contributed by atoms with Crippen LogP contribution in [0.1, 0.15) is 24.0 Å². The Hall–Kier alpha value is -2.74. The molecule has 1 fully saturated rings. The van der Waals surface area contributed by atoms with Crippen molar-refractivity contribution in [3.8, 4) is 17.6 Å². The molecule has 3 rings (SSSR count). The number of phenols is 1. The predicted molar refractivity (Wildman–Crippen MR) is 85.0 cm³/mol. The van der Waals surface area contributed by atoms with E-state index in [0.29, 0.717) is 24.0 Å². The standard InChI is InChI=1S/C18H17FN2O2/c1-23-18-9-12(5-8-17(18)22)11-21(13-6-7-13)16-4-2-3-15(19)14(16)10-20/h2-5,8-9,13,22H,6-7,11H2,1H3. The summed E-state index contributed by atoms with van der Waals surface area (Å²) in [6, 6.07) is 12.1. The highest BCUT2D eigenvalue weighted by atomic mass is 19.1. The zero-order valence-corrected chi connectivity index (χ0v) is 12.8. The van der Waals surface area contributed by atoms with E-state index in [1.807, 2.05) is 11.0 Å². The maximum atomic E-state index is 13.9. The van der Waals surface area contributed by atoms with E-state index in [1.54, 1.807) is 30.3 Å². The van der Waals surface area contributed by atoms with E-state index in [9.17, 15) is 14.8 Å². The minimum atomic E-state index is -0.501. The maximum Gasteiger partial charge on any atom is 0.160 e. The first kappa shape index (κ1) is 15.2. The van der Waals surface area contributed by atoms with Gasteiger partial charge in [0.25, 0.3) is 0 Å². The molecule has 4 nitrogen and oxygen atoms in total. The van der Waals surface area contributed by atoms with Crippen LogP contribution in [-0.4, -0.2) is 18.3 Å². The largest absolute Gasteiger partial charge is 0.504 e. The smallest absolute Gasteiger partial charge is 0.160 e. The summed E-state index contributed by atoms with van der Waals surface area (Å²) >= 11 is 0. The fourth-order valence-corrected chi connectivity index (χ4v) is 2.68. The Morgan fingerprint density at radius 2 is 2.13 bits per heavy atom. The van der Waals surface area contributed by atoms with Crippen LogP contribution < -0.4 is 9.64 Å². The highest BCUT2D eigenvalue weighted by Gasteiger charge is 2.31. The molecular formula is C18H17FN2O2. The van der Waals surface area contributed by atoms with Gasteiger partial charge in [-0.2, -0.15) is 5.26 Å². The summed E-state index contributed by atoms with van der Waals surface area (Å²) < 4.78 is 19.0. The van der Waals surface area contributed by atoms with Crippen molar-refractivity contribution in [1.29, 1.82) is 5.26 Å². The number of phenolic OH excluding ortho intramolecular Hbond substituents is 1. The molecule has 0 unspecified atom stereocenters. The normalized spacial score (nSPS) is 13.4. The molecule has 0 atom stereocenters. The van der Waals surface area contributed by atoms with E-state index in [-0.39, 0.29) is 11.3 Å². The number of aromatic hydroxyl groups is 1. The monoisotopic (exact) mass is 312 g/mol. The van der Waals surface area contributed by atoms with Crippen molar-refractivity contribution in [2.45, 2.75) is 25.4 Å². The van der Waals surface area contributed by atoms with Gasteiger partial charge in [-0.1, -0.05) is 12.1 Å². The van der Waals surface area contributed by atoms with E-state index in [2.05, 4.69) is 0 Å². The third kappa shape index (κ3) is 3.07. The van der Waals surface area contributed by atoms with Crippen molar-refractivity contribution in [2.24, 2.45) is 0 Å². The molecule has 0 radical (unpaired) electrons. The Morgan fingerprint density at radius 3 is 2.78 bits per heavy atom. The molecule has 0 saturated heterocycles. The van der Waals surface area contributed by atoms with Gasteiger partial charge in [0, 0.05) is 12.6 Å². The molecule has 0 bridgehead atoms. The second-order valence-electron chi connectivity index (χ2n) is 5.61. The number of benzene rings is 2. The zero-order chi connectivity index (χ0) is 16.4. The number of rotatable bonds is 5. The first-order valence-electron chi connectivity index (χ1n) is 7.45. The number of hydrogen-bond acceptors (Lipinski definition) is 4. The first-order valence-corrected chi connectivity index (χ1v) is 7.45. The second-order valence-corrected chi connectivity index (χ2v) is 5.61. The number of anilines is 1. The Kier molecular flexibility index (Phi) is 4.07. The molecule has 118 valence electrons. The van der Waals surface area contributed by atoms with Gasteiger partial charge < -0.3 is 14.7 Å². The van der Waals surface area contributed by atoms with Gasteiger partial charge in [-0.25, -0.2) is 4.39 Å². The minimum Gasteiger partial charge on any atom is -0.504 e. The van der Waals surface area contributed by atoms with E-state index in [4.69, 9.17) is 4.74 Å². The van der Waals surface area contributed by atoms with Crippen LogP contribution in [0.3, 0.4) is 0 Å². The molecule has 2 aromatic carbocycles. The average molecular weight is 312 g/mol. The lowest BCUT2D eigenvalue weighted by molar-refractivity contribution is 0.373. The van der Waals surface area contributed by atoms with Crippen LogP contribution in [0, 0.1) is 17.1 Å². The van der Waals surface area contributed by atoms with Gasteiger partial charge in [0.05, 0.1) is 12.8 Å². The second kappa shape index (κ2) is 6.17. The summed E-state index contributed by atoms with van der Waals surface area (Å²) in [5.41, 5.74) is 1.62. The zero-order valence-electron chi connectivity index (χ0n) is 12.8. The Morgan fingerprint density at radius 1 is 1.35 bits per heavy atom. The average Bonchev–Trinajstić information content (AvgIpc) is 3.38. The van der Waals surface area contributed by atoms with Crippen molar-refractivity contribution in [1.82, 2.24) is 0 Å². The molecule has 1 saturated carbocycles. The fraction of sp³-hybridized carbons (Fsp3) is 0.278. The quantitative estimate of drug-likeness (QED) is 0.917. The van der Waals surface area contributed by atoms with Crippen molar-refractivity contribution < 1.29 is 14.2 Å². The van der Waals surface area contributed by atoms with Gasteiger partial charge in [-0.3, -0.25) is 0 Å². The van der Waals surface area contributed by atoms with Crippen LogP contribution in [0.5, 0.6) is 11.5 Å². The molecule has 0 heterocycles. The SMILES string of the molecule is COc1cc(CN(c2cccc(F)c2C#N)C2CC2)ccc1O. The summed E-state index contributed by atoms with van der Waals surface area (Å²) in [4.78, 5) is 2.05. The maximum absolute atomic E-state index is 13.9. The molecule has 5 heteroatoms. The number of methoxy groups -OCH3 is 1. The van der Waals surface area contributed by atoms with E-state index < -0.39 is 5.82 Å². The van der Waals surface area contributed by atoms with Crippen molar-refractivity contribution in [3.63, 3.8) is 0 Å². The van der Waals surface area contributed by atoms with E-state index in [1.165, 1.54) is 13.2 Å². The van der Waals surface area contributed by atoms with Gasteiger partial charge in [-0.05, 0) is 42.7 Å². The van der Waals surface area contributed by atoms with Gasteiger partial charge >= 0.3 is 0 Å². The van der Waals surface area contributed by atoms with E-state index >= 15 is 0 Å². The lowest BCUT2D eigenvalue weighted by Gasteiger charge is -2.26. The Bertz CT molecular complexity index is 766. The van der Waals surface area contributed by atoms with Crippen molar-refractivity contribution >= 4 is 5.69 Å². The number of nitrogens with zero attached hydrogens (tertiary/aromatic N) is 2. The number of ether oxygens (including phenoxy) is 1. The van der Waals surface area contributed by atoms with Gasteiger partial charge in [0.1, 0.15) is 17.4 Å². The first-order chi connectivity index (χ1) is 11.1. The summed E-state index contributed by atoms with van der Waals surface area (Å²) in [5, 5.41) is 19.0.